The molecule has 0 amide bonds. The smallest absolute Gasteiger partial charge is 0.143 e. The summed E-state index contributed by atoms with van der Waals surface area (Å²) in [5.41, 5.74) is 6.96. The van der Waals surface area contributed by atoms with Crippen molar-refractivity contribution >= 4 is 0 Å². The first-order valence-electron chi connectivity index (χ1n) is 23.8. The summed E-state index contributed by atoms with van der Waals surface area (Å²) in [6.45, 7) is 1.16. The molecule has 0 radical (unpaired) electrons. The van der Waals surface area contributed by atoms with Crippen molar-refractivity contribution in [2.75, 3.05) is 13.2 Å². The normalized spacial score (nSPS) is 13.0. The summed E-state index contributed by atoms with van der Waals surface area (Å²) in [7, 11) is 0. The molecule has 9 aromatic carbocycles. The van der Waals surface area contributed by atoms with Gasteiger partial charge in [0.25, 0.3) is 0 Å². The van der Waals surface area contributed by atoms with Gasteiger partial charge in [-0.25, -0.2) is 0 Å². The first kappa shape index (κ1) is 46.9. The van der Waals surface area contributed by atoms with Gasteiger partial charge in [0.1, 0.15) is 29.5 Å². The molecule has 0 fully saturated rings. The molecule has 1 unspecified atom stereocenters. The van der Waals surface area contributed by atoms with Crippen LogP contribution in [-0.4, -0.2) is 31.5 Å². The monoisotopic (exact) mass is 906 g/mol. The number of hydrogen-bond acceptors (Lipinski definition) is 5. The molecule has 3 atom stereocenters. The van der Waals surface area contributed by atoms with Crippen LogP contribution in [0.2, 0.25) is 0 Å². The highest BCUT2D eigenvalue weighted by molar-refractivity contribution is 5.49. The zero-order chi connectivity index (χ0) is 46.8. The van der Waals surface area contributed by atoms with Crippen LogP contribution >= 0.6 is 0 Å². The van der Waals surface area contributed by atoms with Crippen molar-refractivity contribution in [1.82, 2.24) is 0 Å². The maximum absolute atomic E-state index is 7.64. The third-order valence-electron chi connectivity index (χ3n) is 12.6. The van der Waals surface area contributed by atoms with E-state index in [-0.39, 0.29) is 13.2 Å². The quantitative estimate of drug-likeness (QED) is 0.0599. The summed E-state index contributed by atoms with van der Waals surface area (Å²) < 4.78 is 37.0. The Balaban J connectivity index is 1.19. The van der Waals surface area contributed by atoms with Gasteiger partial charge in [0.2, 0.25) is 0 Å². The lowest BCUT2D eigenvalue weighted by Crippen LogP contribution is -2.49. The molecule has 9 rings (SSSR count). The molecule has 344 valence electrons. The van der Waals surface area contributed by atoms with E-state index < -0.39 is 29.5 Å². The first-order valence-corrected chi connectivity index (χ1v) is 23.8. The van der Waals surface area contributed by atoms with E-state index in [0.717, 1.165) is 50.1 Å². The highest BCUT2D eigenvalue weighted by Crippen LogP contribution is 2.43. The Morgan fingerprint density at radius 1 is 0.246 bits per heavy atom. The van der Waals surface area contributed by atoms with Crippen molar-refractivity contribution in [1.29, 1.82) is 0 Å². The van der Waals surface area contributed by atoms with Crippen LogP contribution in [0.25, 0.3) is 0 Å². The van der Waals surface area contributed by atoms with Crippen LogP contribution in [0.15, 0.2) is 273 Å². The summed E-state index contributed by atoms with van der Waals surface area (Å²) in [5.74, 6) is 0. The van der Waals surface area contributed by atoms with E-state index in [2.05, 4.69) is 182 Å². The fourth-order valence-corrected chi connectivity index (χ4v) is 9.20. The van der Waals surface area contributed by atoms with E-state index in [1.807, 2.05) is 91.0 Å². The third kappa shape index (κ3) is 11.4. The minimum atomic E-state index is -1.03. The predicted molar refractivity (Wildman–Crippen MR) is 275 cm³/mol. The van der Waals surface area contributed by atoms with E-state index in [0.29, 0.717) is 19.8 Å². The Morgan fingerprint density at radius 3 is 0.681 bits per heavy atom. The minimum Gasteiger partial charge on any atom is -0.368 e. The zero-order valence-corrected chi connectivity index (χ0v) is 38.8. The Bertz CT molecular complexity index is 2450. The van der Waals surface area contributed by atoms with Crippen molar-refractivity contribution in [2.24, 2.45) is 0 Å². The van der Waals surface area contributed by atoms with Gasteiger partial charge in [0.15, 0.2) is 0 Å². The molecular formula is C64H58O5. The highest BCUT2D eigenvalue weighted by atomic mass is 16.6. The van der Waals surface area contributed by atoms with Crippen LogP contribution in [0.4, 0.5) is 0 Å². The Morgan fingerprint density at radius 2 is 0.449 bits per heavy atom. The second kappa shape index (κ2) is 23.7. The molecule has 0 spiro atoms. The fourth-order valence-electron chi connectivity index (χ4n) is 9.20. The SMILES string of the molecule is c1ccc(COC([C@H](COC(c2ccccc2)(c2ccccc2)c2ccccc2)OCc2ccccc2)[C@@H](COC(c2ccccc2)(c2ccccc2)c2ccccc2)OCc2ccccc2)cc1. The van der Waals surface area contributed by atoms with Crippen molar-refractivity contribution in [2.45, 2.75) is 49.3 Å². The van der Waals surface area contributed by atoms with Gasteiger partial charge in [0, 0.05) is 0 Å². The number of ether oxygens (including phenoxy) is 5. The summed E-state index contributed by atoms with van der Waals surface area (Å²) in [6.07, 6.45) is -2.10. The van der Waals surface area contributed by atoms with Crippen LogP contribution in [0.3, 0.4) is 0 Å². The molecule has 0 aromatic heterocycles. The third-order valence-corrected chi connectivity index (χ3v) is 12.6. The van der Waals surface area contributed by atoms with Crippen LogP contribution < -0.4 is 0 Å². The molecule has 0 saturated heterocycles. The first-order chi connectivity index (χ1) is 34.2. The van der Waals surface area contributed by atoms with Gasteiger partial charge in [-0.2, -0.15) is 0 Å². The topological polar surface area (TPSA) is 46.2 Å². The molecule has 0 saturated carbocycles. The number of hydrogen-bond donors (Lipinski definition) is 0. The van der Waals surface area contributed by atoms with Crippen LogP contribution in [-0.2, 0) is 54.7 Å². The maximum atomic E-state index is 7.64. The lowest BCUT2D eigenvalue weighted by molar-refractivity contribution is -0.193. The van der Waals surface area contributed by atoms with E-state index >= 15 is 0 Å². The molecule has 69 heavy (non-hydrogen) atoms. The standard InChI is InChI=1S/C64H58O5/c1-10-28-51(29-11-1)46-65-60(49-68-63(54-34-16-4-17-35-54,55-36-18-5-19-37-55)56-38-20-6-21-39-56)62(67-48-53-32-14-3-15-33-53)61(66-47-52-30-12-2-13-31-52)50-69-64(57-40-22-7-23-41-57,58-42-24-8-25-43-58)59-44-26-9-27-45-59/h1-45,60-62H,46-50H2/t60-,61+,62?. The van der Waals surface area contributed by atoms with Crippen LogP contribution in [0.1, 0.15) is 50.1 Å². The molecule has 0 aliphatic rings. The Kier molecular flexibility index (Phi) is 16.1. The number of benzene rings is 9. The van der Waals surface area contributed by atoms with Gasteiger partial charge in [0.05, 0.1) is 33.0 Å². The summed E-state index contributed by atoms with van der Waals surface area (Å²) in [4.78, 5) is 0. The predicted octanol–water partition coefficient (Wildman–Crippen LogP) is 13.8. The van der Waals surface area contributed by atoms with E-state index in [1.54, 1.807) is 0 Å². The Hall–Kier alpha value is -7.22. The minimum absolute atomic E-state index is 0.122. The van der Waals surface area contributed by atoms with Gasteiger partial charge in [-0.3, -0.25) is 0 Å². The molecule has 0 heterocycles. The average molecular weight is 907 g/mol. The van der Waals surface area contributed by atoms with Gasteiger partial charge in [-0.05, 0) is 50.1 Å². The fraction of sp³-hybridized carbons (Fsp3) is 0.156. The summed E-state index contributed by atoms with van der Waals surface area (Å²) in [6, 6.07) is 93.5. The molecular weight excluding hydrogens is 849 g/mol. The second-order valence-corrected chi connectivity index (χ2v) is 17.1. The second-order valence-electron chi connectivity index (χ2n) is 17.1. The average Bonchev–Trinajstić information content (AvgIpc) is 3.44. The lowest BCUT2D eigenvalue weighted by Gasteiger charge is -2.41. The van der Waals surface area contributed by atoms with Gasteiger partial charge in [-0.1, -0.05) is 273 Å². The largest absolute Gasteiger partial charge is 0.368 e. The molecule has 0 aliphatic carbocycles. The van der Waals surface area contributed by atoms with Crippen molar-refractivity contribution in [3.8, 4) is 0 Å². The van der Waals surface area contributed by atoms with E-state index in [9.17, 15) is 0 Å². The van der Waals surface area contributed by atoms with Gasteiger partial charge < -0.3 is 23.7 Å². The zero-order valence-electron chi connectivity index (χ0n) is 38.8. The van der Waals surface area contributed by atoms with E-state index in [1.165, 1.54) is 0 Å². The summed E-state index contributed by atoms with van der Waals surface area (Å²) in [5, 5.41) is 0. The van der Waals surface area contributed by atoms with Crippen molar-refractivity contribution < 1.29 is 23.7 Å². The molecule has 9 aromatic rings. The molecule has 5 heteroatoms. The van der Waals surface area contributed by atoms with E-state index in [4.69, 9.17) is 23.7 Å². The van der Waals surface area contributed by atoms with Crippen molar-refractivity contribution in [3.05, 3.63) is 323 Å². The van der Waals surface area contributed by atoms with Crippen LogP contribution in [0.5, 0.6) is 0 Å². The lowest BCUT2D eigenvalue weighted by atomic mass is 9.80. The van der Waals surface area contributed by atoms with Gasteiger partial charge >= 0.3 is 0 Å². The molecule has 0 aliphatic heterocycles. The molecule has 5 nitrogen and oxygen atoms in total. The maximum Gasteiger partial charge on any atom is 0.143 e. The van der Waals surface area contributed by atoms with Crippen LogP contribution in [0, 0.1) is 0 Å². The van der Waals surface area contributed by atoms with Gasteiger partial charge in [-0.15, -0.1) is 0 Å². The highest BCUT2D eigenvalue weighted by Gasteiger charge is 2.43. The molecule has 0 bridgehead atoms. The van der Waals surface area contributed by atoms with Crippen molar-refractivity contribution in [3.63, 3.8) is 0 Å². The molecule has 0 N–H and O–H groups in total. The number of rotatable bonds is 23. The summed E-state index contributed by atoms with van der Waals surface area (Å²) >= 11 is 0. The Labute approximate surface area is 407 Å².